The van der Waals surface area contributed by atoms with Crippen LogP contribution in [-0.2, 0) is 9.47 Å². The lowest BCUT2D eigenvalue weighted by Gasteiger charge is -2.26. The molecular weight excluding hydrogens is 360 g/mol. The highest BCUT2D eigenvalue weighted by atomic mass is 79.9. The summed E-state index contributed by atoms with van der Waals surface area (Å²) in [7, 11) is 0. The number of fused-ring (bicyclic) bond motifs is 2. The van der Waals surface area contributed by atoms with Gasteiger partial charge in [-0.15, -0.1) is 0 Å². The highest BCUT2D eigenvalue weighted by Crippen LogP contribution is 2.82. The number of rotatable bonds is 1. The molecule has 1 saturated carbocycles. The summed E-state index contributed by atoms with van der Waals surface area (Å²) in [6, 6.07) is 12.0. The van der Waals surface area contributed by atoms with Crippen LogP contribution in [0.25, 0.3) is 0 Å². The van der Waals surface area contributed by atoms with E-state index in [1.165, 1.54) is 0 Å². The summed E-state index contributed by atoms with van der Waals surface area (Å²) in [5.41, 5.74) is 4.46. The van der Waals surface area contributed by atoms with Crippen LogP contribution in [-0.4, -0.2) is 24.5 Å². The van der Waals surface area contributed by atoms with Gasteiger partial charge in [0.15, 0.2) is 5.41 Å². The van der Waals surface area contributed by atoms with E-state index < -0.39 is 22.7 Å². The quantitative estimate of drug-likeness (QED) is 0.811. The molecule has 2 aliphatic heterocycles. The topological polar surface area (TPSA) is 104 Å². The van der Waals surface area contributed by atoms with Crippen LogP contribution in [0.5, 0.6) is 0 Å². The maximum Gasteiger partial charge on any atom is 0.293 e. The third-order valence-corrected chi connectivity index (χ3v) is 5.48. The zero-order chi connectivity index (χ0) is 16.5. The van der Waals surface area contributed by atoms with Gasteiger partial charge in [0.05, 0.1) is 24.8 Å². The molecule has 1 spiro atoms. The molecule has 5 atom stereocenters. The highest BCUT2D eigenvalue weighted by Gasteiger charge is 2.94. The molecule has 0 unspecified atom stereocenters. The van der Waals surface area contributed by atoms with Gasteiger partial charge in [-0.05, 0) is 24.6 Å². The predicted molar refractivity (Wildman–Crippen MR) is 83.8 cm³/mol. The van der Waals surface area contributed by atoms with Gasteiger partial charge in [-0.2, -0.15) is 10.5 Å². The maximum absolute atomic E-state index is 9.99. The Morgan fingerprint density at radius 2 is 2.17 bits per heavy atom. The number of aliphatic imine (C=N–C) groups is 1. The molecule has 0 aromatic heterocycles. The van der Waals surface area contributed by atoms with Gasteiger partial charge in [0.25, 0.3) is 5.91 Å². The molecule has 0 amide bonds. The monoisotopic (exact) mass is 372 g/mol. The van der Waals surface area contributed by atoms with Crippen molar-refractivity contribution in [2.45, 2.75) is 24.9 Å². The molecule has 1 saturated heterocycles. The van der Waals surface area contributed by atoms with Gasteiger partial charge in [-0.1, -0.05) is 28.1 Å². The van der Waals surface area contributed by atoms with Crippen LogP contribution in [0, 0.1) is 33.5 Å². The van der Waals surface area contributed by atoms with Gasteiger partial charge < -0.3 is 15.2 Å². The number of nitrogens with zero attached hydrogens (tertiary/aromatic N) is 3. The second-order valence-corrected chi connectivity index (χ2v) is 7.06. The minimum absolute atomic E-state index is 0.112. The third-order valence-electron chi connectivity index (χ3n) is 4.98. The molecule has 116 valence electrons. The average molecular weight is 373 g/mol. The van der Waals surface area contributed by atoms with Gasteiger partial charge >= 0.3 is 0 Å². The van der Waals surface area contributed by atoms with Crippen LogP contribution in [0.1, 0.15) is 18.4 Å². The molecule has 2 N–H and O–H groups in total. The Balaban J connectivity index is 1.93. The van der Waals surface area contributed by atoms with Crippen molar-refractivity contribution in [1.82, 2.24) is 0 Å². The number of nitriles is 2. The Morgan fingerprint density at radius 3 is 2.74 bits per heavy atom. The molecule has 3 aliphatic rings. The molecule has 4 rings (SSSR count). The van der Waals surface area contributed by atoms with Crippen LogP contribution in [0.15, 0.2) is 33.7 Å². The first-order valence-electron chi connectivity index (χ1n) is 7.23. The normalized spacial score (nSPS) is 43.6. The molecule has 2 heterocycles. The summed E-state index contributed by atoms with van der Waals surface area (Å²) in [6.45, 7) is 2.15. The second kappa shape index (κ2) is 4.33. The largest absolute Gasteiger partial charge is 0.386 e. The SMILES string of the molecule is C[C@@H]1CO[C@]2(N=C(N)[C@@]3(C#N)[C@@H](c4cccc(Br)c4)[C@@]23C#N)O1. The van der Waals surface area contributed by atoms with Gasteiger partial charge in [0, 0.05) is 10.4 Å². The molecule has 0 bridgehead atoms. The molecule has 6 nitrogen and oxygen atoms in total. The lowest BCUT2D eigenvalue weighted by Crippen LogP contribution is -2.39. The van der Waals surface area contributed by atoms with Crippen LogP contribution < -0.4 is 5.73 Å². The summed E-state index contributed by atoms with van der Waals surface area (Å²) < 4.78 is 12.5. The van der Waals surface area contributed by atoms with Crippen LogP contribution in [0.2, 0.25) is 0 Å². The first kappa shape index (κ1) is 14.6. The Hall–Kier alpha value is -1.93. The lowest BCUT2D eigenvalue weighted by atomic mass is 9.94. The van der Waals surface area contributed by atoms with Crippen LogP contribution in [0.4, 0.5) is 0 Å². The van der Waals surface area contributed by atoms with Gasteiger partial charge in [-0.25, -0.2) is 4.99 Å². The van der Waals surface area contributed by atoms with Crippen molar-refractivity contribution in [2.75, 3.05) is 6.61 Å². The van der Waals surface area contributed by atoms with Crippen molar-refractivity contribution in [1.29, 1.82) is 10.5 Å². The zero-order valence-electron chi connectivity index (χ0n) is 12.3. The fourth-order valence-corrected chi connectivity index (χ4v) is 4.46. The van der Waals surface area contributed by atoms with E-state index >= 15 is 0 Å². The fourth-order valence-electron chi connectivity index (χ4n) is 4.05. The summed E-state index contributed by atoms with van der Waals surface area (Å²) in [4.78, 5) is 4.28. The summed E-state index contributed by atoms with van der Waals surface area (Å²) in [5, 5.41) is 19.9. The molecule has 1 aliphatic carbocycles. The summed E-state index contributed by atoms with van der Waals surface area (Å²) in [5.74, 6) is -1.82. The number of ether oxygens (including phenoxy) is 2. The molecule has 2 fully saturated rings. The molecule has 7 heteroatoms. The average Bonchev–Trinajstić information content (AvgIpc) is 2.93. The minimum Gasteiger partial charge on any atom is -0.386 e. The number of nitrogens with two attached hydrogens (primary N) is 1. The van der Waals surface area contributed by atoms with Crippen LogP contribution >= 0.6 is 15.9 Å². The number of benzene rings is 1. The van der Waals surface area contributed by atoms with E-state index in [-0.39, 0.29) is 11.9 Å². The molecule has 1 aromatic carbocycles. The van der Waals surface area contributed by atoms with E-state index in [2.05, 4.69) is 33.1 Å². The van der Waals surface area contributed by atoms with Crippen molar-refractivity contribution in [3.05, 3.63) is 34.3 Å². The number of hydrogen-bond donors (Lipinski definition) is 1. The van der Waals surface area contributed by atoms with E-state index in [0.29, 0.717) is 6.61 Å². The highest BCUT2D eigenvalue weighted by molar-refractivity contribution is 9.10. The summed E-state index contributed by atoms with van der Waals surface area (Å²) >= 11 is 3.43. The van der Waals surface area contributed by atoms with E-state index in [4.69, 9.17) is 15.2 Å². The third kappa shape index (κ3) is 1.41. The Labute approximate surface area is 141 Å². The van der Waals surface area contributed by atoms with Crippen molar-refractivity contribution in [2.24, 2.45) is 21.6 Å². The van der Waals surface area contributed by atoms with Gasteiger partial charge in [-0.3, -0.25) is 0 Å². The fraction of sp³-hybridized carbons (Fsp3) is 0.438. The Kier molecular flexibility index (Phi) is 2.76. The maximum atomic E-state index is 9.99. The standard InChI is InChI=1S/C16H13BrN4O2/c1-9-6-22-16(23-9)15(8-19)12(10-3-2-4-11(17)5-10)14(15,7-18)13(20)21-16/h2-5,9,12H,6H2,1H3,(H2,20,21)/t9-,12-,14-,15-,16+/m1/s1. The Bertz CT molecular complexity index is 828. The lowest BCUT2D eigenvalue weighted by molar-refractivity contribution is -0.193. The first-order chi connectivity index (χ1) is 11.0. The van der Waals surface area contributed by atoms with Crippen molar-refractivity contribution in [3.63, 3.8) is 0 Å². The number of halogens is 1. The number of amidine groups is 1. The minimum atomic E-state index is -1.49. The smallest absolute Gasteiger partial charge is 0.293 e. The van der Waals surface area contributed by atoms with Crippen molar-refractivity contribution < 1.29 is 9.47 Å². The van der Waals surface area contributed by atoms with E-state index in [1.54, 1.807) is 0 Å². The molecule has 23 heavy (non-hydrogen) atoms. The number of hydrogen-bond acceptors (Lipinski definition) is 6. The molecule has 1 aromatic rings. The molecular formula is C16H13BrN4O2. The van der Waals surface area contributed by atoms with E-state index in [1.807, 2.05) is 31.2 Å². The zero-order valence-corrected chi connectivity index (χ0v) is 13.9. The van der Waals surface area contributed by atoms with E-state index in [0.717, 1.165) is 10.0 Å². The van der Waals surface area contributed by atoms with Crippen molar-refractivity contribution in [3.8, 4) is 12.1 Å². The second-order valence-electron chi connectivity index (χ2n) is 6.15. The first-order valence-corrected chi connectivity index (χ1v) is 8.02. The molecule has 0 radical (unpaired) electrons. The predicted octanol–water partition coefficient (Wildman–Crippen LogP) is 2.03. The van der Waals surface area contributed by atoms with Gasteiger partial charge in [0.1, 0.15) is 11.3 Å². The van der Waals surface area contributed by atoms with Crippen LogP contribution in [0.3, 0.4) is 0 Å². The van der Waals surface area contributed by atoms with Gasteiger partial charge in [0.2, 0.25) is 0 Å². The van der Waals surface area contributed by atoms with Crippen molar-refractivity contribution >= 4 is 21.8 Å². The van der Waals surface area contributed by atoms with E-state index in [9.17, 15) is 10.5 Å². The Morgan fingerprint density at radius 1 is 1.39 bits per heavy atom. The summed E-state index contributed by atoms with van der Waals surface area (Å²) in [6.07, 6.45) is -0.213.